The van der Waals surface area contributed by atoms with E-state index in [2.05, 4.69) is 20.7 Å². The number of anilines is 1. The Labute approximate surface area is 105 Å². The van der Waals surface area contributed by atoms with Crippen molar-refractivity contribution < 1.29 is 14.3 Å². The lowest BCUT2D eigenvalue weighted by Crippen LogP contribution is -2.43. The van der Waals surface area contributed by atoms with Gasteiger partial charge in [0.15, 0.2) is 0 Å². The van der Waals surface area contributed by atoms with Gasteiger partial charge in [-0.15, -0.1) is 0 Å². The Balaban J connectivity index is 2.29. The van der Waals surface area contributed by atoms with Gasteiger partial charge in [0, 0.05) is 9.50 Å². The van der Waals surface area contributed by atoms with Crippen LogP contribution in [0.4, 0.5) is 5.69 Å². The van der Waals surface area contributed by atoms with Gasteiger partial charge in [0.25, 0.3) is 0 Å². The van der Waals surface area contributed by atoms with Gasteiger partial charge in [0.05, 0.1) is 5.69 Å². The van der Waals surface area contributed by atoms with Crippen LogP contribution in [-0.2, 0) is 14.3 Å². The van der Waals surface area contributed by atoms with Crippen LogP contribution >= 0.6 is 27.5 Å². The standard InChI is InChI=1S/C10H7BrClNO3/c11-7-3-6(12)1-2-8(7)13-4-9(14)16-10(15)5-13/h1-3H,4-5H2. The first-order valence-electron chi connectivity index (χ1n) is 4.50. The van der Waals surface area contributed by atoms with Crippen LogP contribution in [0.15, 0.2) is 22.7 Å². The fourth-order valence-corrected chi connectivity index (χ4v) is 2.40. The first kappa shape index (κ1) is 11.4. The van der Waals surface area contributed by atoms with Crippen molar-refractivity contribution in [2.24, 2.45) is 0 Å². The van der Waals surface area contributed by atoms with E-state index >= 15 is 0 Å². The largest absolute Gasteiger partial charge is 0.390 e. The van der Waals surface area contributed by atoms with Crippen molar-refractivity contribution in [1.82, 2.24) is 0 Å². The zero-order valence-corrected chi connectivity index (χ0v) is 10.4. The number of ether oxygens (including phenoxy) is 1. The Hall–Kier alpha value is -1.07. The topological polar surface area (TPSA) is 46.6 Å². The average molecular weight is 305 g/mol. The lowest BCUT2D eigenvalue weighted by Gasteiger charge is -2.27. The predicted molar refractivity (Wildman–Crippen MR) is 62.5 cm³/mol. The number of esters is 2. The number of cyclic esters (lactones) is 2. The molecule has 2 rings (SSSR count). The third-order valence-corrected chi connectivity index (χ3v) is 2.99. The molecule has 1 aromatic rings. The van der Waals surface area contributed by atoms with Gasteiger partial charge in [-0.3, -0.25) is 0 Å². The number of morpholine rings is 1. The molecule has 0 bridgehead atoms. The summed E-state index contributed by atoms with van der Waals surface area (Å²) in [4.78, 5) is 23.9. The van der Waals surface area contributed by atoms with Crippen LogP contribution in [0.25, 0.3) is 0 Å². The van der Waals surface area contributed by atoms with E-state index in [-0.39, 0.29) is 13.1 Å². The van der Waals surface area contributed by atoms with Crippen LogP contribution < -0.4 is 4.90 Å². The summed E-state index contributed by atoms with van der Waals surface area (Å²) in [5.74, 6) is -1.09. The Kier molecular flexibility index (Phi) is 3.16. The average Bonchev–Trinajstić information content (AvgIpc) is 2.15. The second kappa shape index (κ2) is 4.43. The number of hydrogen-bond donors (Lipinski definition) is 0. The van der Waals surface area contributed by atoms with Crippen molar-refractivity contribution in [2.45, 2.75) is 0 Å². The molecule has 0 aliphatic carbocycles. The SMILES string of the molecule is O=C1CN(c2ccc(Cl)cc2Br)CC(=O)O1. The van der Waals surface area contributed by atoms with Crippen molar-refractivity contribution in [3.05, 3.63) is 27.7 Å². The fourth-order valence-electron chi connectivity index (χ4n) is 1.47. The maximum Gasteiger partial charge on any atom is 0.333 e. The zero-order valence-electron chi connectivity index (χ0n) is 8.07. The summed E-state index contributed by atoms with van der Waals surface area (Å²) < 4.78 is 5.18. The third kappa shape index (κ3) is 2.36. The first-order valence-corrected chi connectivity index (χ1v) is 5.67. The number of nitrogens with zero attached hydrogens (tertiary/aromatic N) is 1. The van der Waals surface area contributed by atoms with Gasteiger partial charge < -0.3 is 9.64 Å². The van der Waals surface area contributed by atoms with E-state index < -0.39 is 11.9 Å². The first-order chi connectivity index (χ1) is 7.56. The molecule has 0 saturated carbocycles. The van der Waals surface area contributed by atoms with Crippen LogP contribution in [0, 0.1) is 0 Å². The summed E-state index contributed by atoms with van der Waals surface area (Å²) in [5, 5.41) is 0.585. The lowest BCUT2D eigenvalue weighted by molar-refractivity contribution is -0.160. The van der Waals surface area contributed by atoms with Gasteiger partial charge in [-0.05, 0) is 34.1 Å². The zero-order chi connectivity index (χ0) is 11.7. The van der Waals surface area contributed by atoms with Gasteiger partial charge in [0.1, 0.15) is 13.1 Å². The minimum atomic E-state index is -0.543. The van der Waals surface area contributed by atoms with Gasteiger partial charge in [0.2, 0.25) is 0 Å². The summed E-state index contributed by atoms with van der Waals surface area (Å²) in [6.45, 7) is 0.123. The van der Waals surface area contributed by atoms with E-state index in [0.29, 0.717) is 5.02 Å². The van der Waals surface area contributed by atoms with Crippen LogP contribution in [0.5, 0.6) is 0 Å². The number of hydrogen-bond acceptors (Lipinski definition) is 4. The minimum absolute atomic E-state index is 0.0615. The molecule has 1 heterocycles. The van der Waals surface area contributed by atoms with Gasteiger partial charge in [-0.1, -0.05) is 11.6 Å². The molecule has 0 radical (unpaired) electrons. The minimum Gasteiger partial charge on any atom is -0.390 e. The maximum absolute atomic E-state index is 11.1. The molecule has 6 heteroatoms. The van der Waals surface area contributed by atoms with Crippen molar-refractivity contribution in [1.29, 1.82) is 0 Å². The second-order valence-corrected chi connectivity index (χ2v) is 4.59. The monoisotopic (exact) mass is 303 g/mol. The van der Waals surface area contributed by atoms with Crippen molar-refractivity contribution in [2.75, 3.05) is 18.0 Å². The molecular formula is C10H7BrClNO3. The Morgan fingerprint density at radius 1 is 1.25 bits per heavy atom. The molecule has 0 amide bonds. The predicted octanol–water partition coefficient (Wildman–Crippen LogP) is 1.99. The van der Waals surface area contributed by atoms with Crippen LogP contribution in [0.1, 0.15) is 0 Å². The van der Waals surface area contributed by atoms with Gasteiger partial charge in [-0.25, -0.2) is 9.59 Å². The Bertz CT molecular complexity index is 447. The highest BCUT2D eigenvalue weighted by Gasteiger charge is 2.26. The fraction of sp³-hybridized carbons (Fsp3) is 0.200. The van der Waals surface area contributed by atoms with Gasteiger partial charge in [-0.2, -0.15) is 0 Å². The molecule has 0 spiro atoms. The Morgan fingerprint density at radius 2 is 1.88 bits per heavy atom. The summed E-state index contributed by atoms with van der Waals surface area (Å²) in [5.41, 5.74) is 0.745. The molecule has 1 aromatic carbocycles. The number of rotatable bonds is 1. The van der Waals surface area contributed by atoms with E-state index in [9.17, 15) is 9.59 Å². The summed E-state index contributed by atoms with van der Waals surface area (Å²) in [7, 11) is 0. The summed E-state index contributed by atoms with van der Waals surface area (Å²) in [6.07, 6.45) is 0. The van der Waals surface area contributed by atoms with Crippen molar-refractivity contribution in [3.63, 3.8) is 0 Å². The molecule has 0 aromatic heterocycles. The lowest BCUT2D eigenvalue weighted by atomic mass is 10.2. The summed E-state index contributed by atoms with van der Waals surface area (Å²) >= 11 is 9.14. The summed E-state index contributed by atoms with van der Waals surface area (Å²) in [6, 6.07) is 5.16. The van der Waals surface area contributed by atoms with E-state index in [4.69, 9.17) is 11.6 Å². The molecule has 1 fully saturated rings. The van der Waals surface area contributed by atoms with E-state index in [1.807, 2.05) is 0 Å². The van der Waals surface area contributed by atoms with E-state index in [0.717, 1.165) is 10.2 Å². The molecule has 0 N–H and O–H groups in total. The normalized spacial score (nSPS) is 16.2. The molecule has 1 aliphatic heterocycles. The van der Waals surface area contributed by atoms with Gasteiger partial charge >= 0.3 is 11.9 Å². The number of halogens is 2. The van der Waals surface area contributed by atoms with Crippen LogP contribution in [0.2, 0.25) is 5.02 Å². The molecule has 1 saturated heterocycles. The third-order valence-electron chi connectivity index (χ3n) is 2.12. The number of carbonyl (C=O) groups excluding carboxylic acids is 2. The molecular weight excluding hydrogens is 297 g/mol. The number of carbonyl (C=O) groups is 2. The highest BCUT2D eigenvalue weighted by molar-refractivity contribution is 9.10. The molecule has 0 unspecified atom stereocenters. The van der Waals surface area contributed by atoms with Crippen molar-refractivity contribution in [3.8, 4) is 0 Å². The molecule has 16 heavy (non-hydrogen) atoms. The number of benzene rings is 1. The highest BCUT2D eigenvalue weighted by atomic mass is 79.9. The molecule has 4 nitrogen and oxygen atoms in total. The smallest absolute Gasteiger partial charge is 0.333 e. The van der Waals surface area contributed by atoms with Crippen molar-refractivity contribution >= 4 is 45.2 Å². The van der Waals surface area contributed by atoms with Crippen LogP contribution in [0.3, 0.4) is 0 Å². The van der Waals surface area contributed by atoms with E-state index in [1.54, 1.807) is 23.1 Å². The molecule has 1 aliphatic rings. The highest BCUT2D eigenvalue weighted by Crippen LogP contribution is 2.29. The quantitative estimate of drug-likeness (QED) is 0.588. The maximum atomic E-state index is 11.1. The second-order valence-electron chi connectivity index (χ2n) is 3.30. The van der Waals surface area contributed by atoms with Crippen LogP contribution in [-0.4, -0.2) is 25.0 Å². The molecule has 84 valence electrons. The molecule has 0 atom stereocenters. The van der Waals surface area contributed by atoms with E-state index in [1.165, 1.54) is 0 Å². The Morgan fingerprint density at radius 3 is 2.44 bits per heavy atom.